The molecule has 0 N–H and O–H groups in total. The third kappa shape index (κ3) is 4.51. The van der Waals surface area contributed by atoms with Crippen molar-refractivity contribution in [2.75, 3.05) is 0 Å². The molecule has 13 heavy (non-hydrogen) atoms. The molecule has 0 radical (unpaired) electrons. The summed E-state index contributed by atoms with van der Waals surface area (Å²) >= 11 is 0. The van der Waals surface area contributed by atoms with E-state index in [0.29, 0.717) is 0 Å². The highest BCUT2D eigenvalue weighted by Crippen LogP contribution is 2.14. The summed E-state index contributed by atoms with van der Waals surface area (Å²) in [6, 6.07) is 0. The largest absolute Gasteiger partial charge is 0.0988 e. The van der Waals surface area contributed by atoms with Gasteiger partial charge < -0.3 is 0 Å². The van der Waals surface area contributed by atoms with Crippen LogP contribution in [0.1, 0.15) is 33.6 Å². The summed E-state index contributed by atoms with van der Waals surface area (Å²) in [5.41, 5.74) is 2.61. The Balaban J connectivity index is 4.86. The Hall–Kier alpha value is -1.04. The Morgan fingerprint density at radius 3 is 2.00 bits per heavy atom. The topological polar surface area (TPSA) is 0 Å². The van der Waals surface area contributed by atoms with E-state index in [2.05, 4.69) is 37.8 Å². The summed E-state index contributed by atoms with van der Waals surface area (Å²) in [6.07, 6.45) is 12.6. The van der Waals surface area contributed by atoms with Crippen LogP contribution >= 0.6 is 0 Å². The molecule has 0 bridgehead atoms. The molecule has 0 aliphatic heterocycles. The van der Waals surface area contributed by atoms with Gasteiger partial charge >= 0.3 is 0 Å². The number of hydrogen-bond acceptors (Lipinski definition) is 0. The van der Waals surface area contributed by atoms with Crippen molar-refractivity contribution in [1.29, 1.82) is 0 Å². The normalized spacial score (nSPS) is 11.0. The smallest absolute Gasteiger partial charge is 0.0231 e. The number of hydrogen-bond donors (Lipinski definition) is 0. The predicted molar refractivity (Wildman–Crippen MR) is 61.8 cm³/mol. The zero-order chi connectivity index (χ0) is 10.1. The van der Waals surface area contributed by atoms with Gasteiger partial charge in [0.2, 0.25) is 0 Å². The molecule has 0 aromatic rings. The molecule has 0 spiro atoms. The Labute approximate surface area is 82.4 Å². The van der Waals surface area contributed by atoms with E-state index >= 15 is 0 Å². The molecule has 0 aliphatic carbocycles. The van der Waals surface area contributed by atoms with Crippen LogP contribution in [0.5, 0.6) is 0 Å². The summed E-state index contributed by atoms with van der Waals surface area (Å²) in [5, 5.41) is 0. The minimum atomic E-state index is 1.10. The molecule has 0 heteroatoms. The van der Waals surface area contributed by atoms with Gasteiger partial charge in [-0.2, -0.15) is 0 Å². The van der Waals surface area contributed by atoms with E-state index in [-0.39, 0.29) is 0 Å². The van der Waals surface area contributed by atoms with Crippen LogP contribution in [0.3, 0.4) is 0 Å². The van der Waals surface area contributed by atoms with Crippen molar-refractivity contribution in [3.05, 3.63) is 48.1 Å². The van der Waals surface area contributed by atoms with E-state index in [9.17, 15) is 0 Å². The highest BCUT2D eigenvalue weighted by molar-refractivity contribution is 5.39. The van der Waals surface area contributed by atoms with E-state index in [0.717, 1.165) is 6.42 Å². The number of allylic oxidation sites excluding steroid dienone is 7. The van der Waals surface area contributed by atoms with Gasteiger partial charge in [-0.05, 0) is 31.4 Å². The molecule has 0 aromatic carbocycles. The van der Waals surface area contributed by atoms with E-state index in [1.54, 1.807) is 0 Å². The fourth-order valence-corrected chi connectivity index (χ4v) is 1.26. The van der Waals surface area contributed by atoms with Crippen molar-refractivity contribution in [1.82, 2.24) is 0 Å². The van der Waals surface area contributed by atoms with Crippen LogP contribution in [0.15, 0.2) is 48.1 Å². The lowest BCUT2D eigenvalue weighted by Gasteiger charge is -2.03. The van der Waals surface area contributed by atoms with Crippen LogP contribution in [0.2, 0.25) is 0 Å². The Kier molecular flexibility index (Phi) is 6.99. The molecule has 0 saturated carbocycles. The second-order valence-corrected chi connectivity index (χ2v) is 2.93. The van der Waals surface area contributed by atoms with Crippen molar-refractivity contribution in [2.24, 2.45) is 0 Å². The first-order chi connectivity index (χ1) is 6.29. The zero-order valence-corrected chi connectivity index (χ0v) is 9.01. The van der Waals surface area contributed by atoms with E-state index in [4.69, 9.17) is 0 Å². The Morgan fingerprint density at radius 1 is 1.15 bits per heavy atom. The van der Waals surface area contributed by atoms with Gasteiger partial charge in [-0.1, -0.05) is 50.3 Å². The molecule has 0 unspecified atom stereocenters. The van der Waals surface area contributed by atoms with Gasteiger partial charge in [0.05, 0.1) is 0 Å². The lowest BCUT2D eigenvalue weighted by Crippen LogP contribution is -1.83. The molecule has 0 amide bonds. The van der Waals surface area contributed by atoms with Crippen molar-refractivity contribution < 1.29 is 0 Å². The zero-order valence-electron chi connectivity index (χ0n) is 9.01. The first-order valence-corrected chi connectivity index (χ1v) is 4.91. The van der Waals surface area contributed by atoms with E-state index in [1.165, 1.54) is 17.6 Å². The van der Waals surface area contributed by atoms with E-state index < -0.39 is 0 Å². The maximum absolute atomic E-state index is 3.84. The maximum Gasteiger partial charge on any atom is -0.0231 e. The van der Waals surface area contributed by atoms with Crippen LogP contribution < -0.4 is 0 Å². The number of rotatable bonds is 5. The third-order valence-corrected chi connectivity index (χ3v) is 1.83. The molecular weight excluding hydrogens is 156 g/mol. The summed E-state index contributed by atoms with van der Waals surface area (Å²) in [5.74, 6) is 0. The molecule has 0 atom stereocenters. The quantitative estimate of drug-likeness (QED) is 0.544. The Bertz CT molecular complexity index is 212. The first kappa shape index (κ1) is 12.0. The van der Waals surface area contributed by atoms with Crippen LogP contribution in [0.25, 0.3) is 0 Å². The molecule has 0 fully saturated rings. The SMILES string of the molecule is C=CC(CCC)=C(/C=C\C)/C=C\C. The standard InChI is InChI=1S/C13H20/c1-5-9-12(8-4)13(10-6-2)11-7-3/h6-8,10-11H,4-5,9H2,1-3H3/b10-6-,11-7-. The van der Waals surface area contributed by atoms with E-state index in [1.807, 2.05) is 19.9 Å². The van der Waals surface area contributed by atoms with Gasteiger partial charge in [0.25, 0.3) is 0 Å². The molecule has 72 valence electrons. The lowest BCUT2D eigenvalue weighted by atomic mass is 10.0. The minimum absolute atomic E-state index is 1.10. The fraction of sp³-hybridized carbons (Fsp3) is 0.385. The van der Waals surface area contributed by atoms with Crippen molar-refractivity contribution >= 4 is 0 Å². The molecule has 0 heterocycles. The molecular formula is C13H20. The van der Waals surface area contributed by atoms with Crippen LogP contribution in [0, 0.1) is 0 Å². The summed E-state index contributed by atoms with van der Waals surface area (Å²) in [4.78, 5) is 0. The second kappa shape index (κ2) is 7.60. The average molecular weight is 176 g/mol. The first-order valence-electron chi connectivity index (χ1n) is 4.91. The highest BCUT2D eigenvalue weighted by atomic mass is 14.0. The molecule has 0 aliphatic rings. The van der Waals surface area contributed by atoms with Crippen molar-refractivity contribution in [3.8, 4) is 0 Å². The minimum Gasteiger partial charge on any atom is -0.0988 e. The highest BCUT2D eigenvalue weighted by Gasteiger charge is 1.95. The van der Waals surface area contributed by atoms with Gasteiger partial charge in [-0.3, -0.25) is 0 Å². The van der Waals surface area contributed by atoms with Crippen LogP contribution in [-0.4, -0.2) is 0 Å². The van der Waals surface area contributed by atoms with Gasteiger partial charge in [-0.15, -0.1) is 0 Å². The monoisotopic (exact) mass is 176 g/mol. The maximum atomic E-state index is 3.84. The molecule has 0 aromatic heterocycles. The second-order valence-electron chi connectivity index (χ2n) is 2.93. The molecule has 0 nitrogen and oxygen atoms in total. The predicted octanol–water partition coefficient (Wildman–Crippen LogP) is 4.42. The molecule has 0 saturated heterocycles. The van der Waals surface area contributed by atoms with Gasteiger partial charge in [0, 0.05) is 0 Å². The van der Waals surface area contributed by atoms with Gasteiger partial charge in [0.1, 0.15) is 0 Å². The summed E-state index contributed by atoms with van der Waals surface area (Å²) in [7, 11) is 0. The van der Waals surface area contributed by atoms with Gasteiger partial charge in [-0.25, -0.2) is 0 Å². The Morgan fingerprint density at radius 2 is 1.69 bits per heavy atom. The van der Waals surface area contributed by atoms with Crippen molar-refractivity contribution in [2.45, 2.75) is 33.6 Å². The van der Waals surface area contributed by atoms with Crippen molar-refractivity contribution in [3.63, 3.8) is 0 Å². The molecule has 0 rings (SSSR count). The fourth-order valence-electron chi connectivity index (χ4n) is 1.26. The summed E-state index contributed by atoms with van der Waals surface area (Å²) < 4.78 is 0. The van der Waals surface area contributed by atoms with Crippen LogP contribution in [0.4, 0.5) is 0 Å². The lowest BCUT2D eigenvalue weighted by molar-refractivity contribution is 0.922. The van der Waals surface area contributed by atoms with Crippen LogP contribution in [-0.2, 0) is 0 Å². The third-order valence-electron chi connectivity index (χ3n) is 1.83. The van der Waals surface area contributed by atoms with Gasteiger partial charge in [0.15, 0.2) is 0 Å². The summed E-state index contributed by atoms with van der Waals surface area (Å²) in [6.45, 7) is 10.1. The average Bonchev–Trinajstić information content (AvgIpc) is 2.14.